The van der Waals surface area contributed by atoms with Gasteiger partial charge in [0.15, 0.2) is 0 Å². The van der Waals surface area contributed by atoms with Crippen LogP contribution >= 0.6 is 11.6 Å². The fraction of sp³-hybridized carbons (Fsp3) is 0.429. The first-order chi connectivity index (χ1) is 9.41. The van der Waals surface area contributed by atoms with Crippen molar-refractivity contribution in [3.63, 3.8) is 0 Å². The molecule has 0 saturated heterocycles. The fourth-order valence-corrected chi connectivity index (χ4v) is 2.30. The van der Waals surface area contributed by atoms with Crippen LogP contribution < -0.4 is 10.2 Å². The number of nitrogens with zero attached hydrogens (tertiary/aromatic N) is 1. The van der Waals surface area contributed by atoms with Crippen LogP contribution in [-0.4, -0.2) is 30.8 Å². The zero-order valence-electron chi connectivity index (χ0n) is 11.4. The number of Topliss-reactive ketones (excluding diaryl/α,β-unsaturated/α-hetero) is 1. The summed E-state index contributed by atoms with van der Waals surface area (Å²) < 4.78 is 13.5. The molecule has 1 N–H and O–H groups in total. The molecule has 0 bridgehead atoms. The van der Waals surface area contributed by atoms with Crippen molar-refractivity contribution in [2.45, 2.75) is 26.3 Å². The van der Waals surface area contributed by atoms with E-state index in [1.54, 1.807) is 0 Å². The van der Waals surface area contributed by atoms with Crippen molar-refractivity contribution in [3.05, 3.63) is 28.5 Å². The average Bonchev–Trinajstić information content (AvgIpc) is 2.60. The zero-order valence-corrected chi connectivity index (χ0v) is 12.1. The summed E-state index contributed by atoms with van der Waals surface area (Å²) in [7, 11) is 0. The van der Waals surface area contributed by atoms with Crippen LogP contribution in [0.3, 0.4) is 0 Å². The van der Waals surface area contributed by atoms with Gasteiger partial charge in [0.1, 0.15) is 5.82 Å². The summed E-state index contributed by atoms with van der Waals surface area (Å²) >= 11 is 5.65. The van der Waals surface area contributed by atoms with Gasteiger partial charge in [0, 0.05) is 12.6 Å². The number of amides is 1. The maximum absolute atomic E-state index is 13.5. The third-order valence-corrected chi connectivity index (χ3v) is 3.41. The average molecular weight is 299 g/mol. The highest BCUT2D eigenvalue weighted by atomic mass is 35.5. The molecule has 0 unspecified atom stereocenters. The second-order valence-corrected chi connectivity index (χ2v) is 5.44. The molecule has 1 aliphatic heterocycles. The van der Waals surface area contributed by atoms with Gasteiger partial charge in [0.05, 0.1) is 16.3 Å². The molecule has 0 aliphatic carbocycles. The number of halogens is 2. The van der Waals surface area contributed by atoms with E-state index in [1.807, 2.05) is 13.8 Å². The van der Waals surface area contributed by atoms with E-state index in [2.05, 4.69) is 5.32 Å². The summed E-state index contributed by atoms with van der Waals surface area (Å²) in [6.45, 7) is 5.15. The molecule has 1 heterocycles. The number of hydrogen-bond donors (Lipinski definition) is 1. The van der Waals surface area contributed by atoms with Crippen molar-refractivity contribution < 1.29 is 14.0 Å². The van der Waals surface area contributed by atoms with Crippen molar-refractivity contribution in [1.82, 2.24) is 5.32 Å². The standard InChI is InChI=1S/C14H16ClFN2O2/c1-8(2)17-4-3-5-18-12-7-11(16)10(15)6-9(12)13(19)14(18)20/h6-8,17H,3-5H2,1-2H3. The van der Waals surface area contributed by atoms with Crippen LogP contribution in [0.4, 0.5) is 10.1 Å². The minimum Gasteiger partial charge on any atom is -0.314 e. The predicted molar refractivity (Wildman–Crippen MR) is 75.8 cm³/mol. The number of hydrogen-bond acceptors (Lipinski definition) is 3. The van der Waals surface area contributed by atoms with Gasteiger partial charge in [-0.15, -0.1) is 0 Å². The SMILES string of the molecule is CC(C)NCCCN1C(=O)C(=O)c2cc(Cl)c(F)cc21. The van der Waals surface area contributed by atoms with Crippen LogP contribution in [-0.2, 0) is 4.79 Å². The summed E-state index contributed by atoms with van der Waals surface area (Å²) in [5.41, 5.74) is 0.490. The molecule has 108 valence electrons. The number of fused-ring (bicyclic) bond motifs is 1. The molecule has 0 fully saturated rings. The Morgan fingerprint density at radius 2 is 2.05 bits per heavy atom. The summed E-state index contributed by atoms with van der Waals surface area (Å²) in [6, 6.07) is 2.73. The Labute approximate surface area is 121 Å². The van der Waals surface area contributed by atoms with E-state index in [9.17, 15) is 14.0 Å². The lowest BCUT2D eigenvalue weighted by Crippen LogP contribution is -2.33. The molecule has 0 atom stereocenters. The molecule has 20 heavy (non-hydrogen) atoms. The zero-order chi connectivity index (χ0) is 14.9. The molecule has 1 aliphatic rings. The Morgan fingerprint density at radius 1 is 1.35 bits per heavy atom. The smallest absolute Gasteiger partial charge is 0.299 e. The summed E-state index contributed by atoms with van der Waals surface area (Å²) in [5.74, 6) is -1.87. The van der Waals surface area contributed by atoms with Crippen molar-refractivity contribution in [1.29, 1.82) is 0 Å². The second-order valence-electron chi connectivity index (χ2n) is 5.03. The fourth-order valence-electron chi connectivity index (χ4n) is 2.14. The monoisotopic (exact) mass is 298 g/mol. The second kappa shape index (κ2) is 5.89. The molecule has 0 spiro atoms. The van der Waals surface area contributed by atoms with Crippen molar-refractivity contribution in [2.24, 2.45) is 0 Å². The van der Waals surface area contributed by atoms with Gasteiger partial charge in [0.2, 0.25) is 0 Å². The molecular formula is C14H16ClFN2O2. The third kappa shape index (κ3) is 2.83. The molecular weight excluding hydrogens is 283 g/mol. The summed E-state index contributed by atoms with van der Waals surface area (Å²) in [6.07, 6.45) is 0.681. The number of carbonyl (C=O) groups is 2. The highest BCUT2D eigenvalue weighted by Crippen LogP contribution is 2.33. The summed E-state index contributed by atoms with van der Waals surface area (Å²) in [5, 5.41) is 3.08. The van der Waals surface area contributed by atoms with Crippen molar-refractivity contribution >= 4 is 29.0 Å². The van der Waals surface area contributed by atoms with Crippen molar-refractivity contribution in [2.75, 3.05) is 18.0 Å². The Kier molecular flexibility index (Phi) is 4.40. The number of anilines is 1. The number of ketones is 1. The Hall–Kier alpha value is -1.46. The van der Waals surface area contributed by atoms with Crippen LogP contribution in [0, 0.1) is 5.82 Å². The van der Waals surface area contributed by atoms with Gasteiger partial charge in [-0.05, 0) is 25.1 Å². The number of benzene rings is 1. The van der Waals surface area contributed by atoms with E-state index in [-0.39, 0.29) is 10.6 Å². The molecule has 0 radical (unpaired) electrons. The van der Waals surface area contributed by atoms with Gasteiger partial charge < -0.3 is 10.2 Å². The minimum atomic E-state index is -0.627. The molecule has 0 saturated carbocycles. The molecule has 6 heteroatoms. The number of rotatable bonds is 5. The lowest BCUT2D eigenvalue weighted by Gasteiger charge is -2.17. The molecule has 4 nitrogen and oxygen atoms in total. The highest BCUT2D eigenvalue weighted by Gasteiger charge is 2.36. The third-order valence-electron chi connectivity index (χ3n) is 3.12. The van der Waals surface area contributed by atoms with E-state index >= 15 is 0 Å². The Balaban J connectivity index is 2.14. The van der Waals surface area contributed by atoms with Crippen LogP contribution in [0.1, 0.15) is 30.6 Å². The van der Waals surface area contributed by atoms with E-state index in [1.165, 1.54) is 11.0 Å². The lowest BCUT2D eigenvalue weighted by molar-refractivity contribution is -0.114. The number of carbonyl (C=O) groups excluding carboxylic acids is 2. The van der Waals surface area contributed by atoms with E-state index in [0.29, 0.717) is 24.7 Å². The lowest BCUT2D eigenvalue weighted by atomic mass is 10.1. The maximum Gasteiger partial charge on any atom is 0.299 e. The van der Waals surface area contributed by atoms with E-state index in [0.717, 1.165) is 12.6 Å². The normalized spacial score (nSPS) is 14.3. The maximum atomic E-state index is 13.5. The molecule has 2 rings (SSSR count). The molecule has 1 aromatic rings. The summed E-state index contributed by atoms with van der Waals surface area (Å²) in [4.78, 5) is 25.0. The quantitative estimate of drug-likeness (QED) is 0.671. The van der Waals surface area contributed by atoms with Gasteiger partial charge in [-0.2, -0.15) is 0 Å². The van der Waals surface area contributed by atoms with E-state index in [4.69, 9.17) is 11.6 Å². The molecule has 1 aromatic carbocycles. The molecule has 0 aromatic heterocycles. The highest BCUT2D eigenvalue weighted by molar-refractivity contribution is 6.52. The van der Waals surface area contributed by atoms with Gasteiger partial charge in [0.25, 0.3) is 11.7 Å². The van der Waals surface area contributed by atoms with Crippen LogP contribution in [0.5, 0.6) is 0 Å². The first-order valence-electron chi connectivity index (χ1n) is 6.50. The first kappa shape index (κ1) is 14.9. The Morgan fingerprint density at radius 3 is 2.70 bits per heavy atom. The van der Waals surface area contributed by atoms with Gasteiger partial charge in [-0.3, -0.25) is 9.59 Å². The van der Waals surface area contributed by atoms with Gasteiger partial charge in [-0.25, -0.2) is 4.39 Å². The Bertz CT molecular complexity index is 560. The van der Waals surface area contributed by atoms with Gasteiger partial charge in [-0.1, -0.05) is 25.4 Å². The number of nitrogens with one attached hydrogen (secondary N) is 1. The van der Waals surface area contributed by atoms with Crippen LogP contribution in [0.15, 0.2) is 12.1 Å². The minimum absolute atomic E-state index is 0.145. The topological polar surface area (TPSA) is 49.4 Å². The van der Waals surface area contributed by atoms with Crippen LogP contribution in [0.25, 0.3) is 0 Å². The van der Waals surface area contributed by atoms with Crippen molar-refractivity contribution in [3.8, 4) is 0 Å². The van der Waals surface area contributed by atoms with E-state index < -0.39 is 17.5 Å². The molecule has 1 amide bonds. The van der Waals surface area contributed by atoms with Crippen LogP contribution in [0.2, 0.25) is 5.02 Å². The predicted octanol–water partition coefficient (Wildman–Crippen LogP) is 2.40. The largest absolute Gasteiger partial charge is 0.314 e. The first-order valence-corrected chi connectivity index (χ1v) is 6.88. The van der Waals surface area contributed by atoms with Gasteiger partial charge >= 0.3 is 0 Å².